The Morgan fingerprint density at radius 3 is 2.75 bits per heavy atom. The van der Waals surface area contributed by atoms with Gasteiger partial charge in [0.25, 0.3) is 0 Å². The average molecular weight is 279 g/mol. The minimum Gasteiger partial charge on any atom is -0.465 e. The molecule has 2 N–H and O–H groups in total. The maximum Gasteiger partial charge on any atom is 0.407 e. The second-order valence-corrected chi connectivity index (χ2v) is 5.32. The number of aliphatic hydroxyl groups excluding tert-OH is 1. The number of amides is 1. The van der Waals surface area contributed by atoms with Crippen LogP contribution in [0.1, 0.15) is 18.9 Å². The second kappa shape index (κ2) is 6.24. The number of ether oxygens (including phenoxy) is 1. The molecule has 0 aliphatic carbocycles. The van der Waals surface area contributed by atoms with Crippen molar-refractivity contribution in [1.82, 2.24) is 4.90 Å². The Hall–Kier alpha value is -1.59. The molecule has 1 amide bonds. The van der Waals surface area contributed by atoms with E-state index in [1.165, 1.54) is 4.90 Å². The van der Waals surface area contributed by atoms with Gasteiger partial charge in [-0.2, -0.15) is 0 Å². The Kier molecular flexibility index (Phi) is 4.62. The minimum absolute atomic E-state index is 0.0186. The molecular weight excluding hydrogens is 258 g/mol. The zero-order valence-corrected chi connectivity index (χ0v) is 11.7. The van der Waals surface area contributed by atoms with Gasteiger partial charge in [-0.1, -0.05) is 30.3 Å². The molecule has 0 bridgehead atoms. The molecule has 1 aliphatic rings. The van der Waals surface area contributed by atoms with Crippen LogP contribution in [0.4, 0.5) is 4.79 Å². The van der Waals surface area contributed by atoms with E-state index in [-0.39, 0.29) is 12.6 Å². The van der Waals surface area contributed by atoms with Crippen LogP contribution in [0.15, 0.2) is 30.3 Å². The van der Waals surface area contributed by atoms with Gasteiger partial charge < -0.3 is 14.9 Å². The van der Waals surface area contributed by atoms with Gasteiger partial charge in [0.2, 0.25) is 0 Å². The molecule has 0 radical (unpaired) electrons. The van der Waals surface area contributed by atoms with Gasteiger partial charge in [-0.3, -0.25) is 4.90 Å². The number of aliphatic hydroxyl groups is 1. The van der Waals surface area contributed by atoms with Crippen LogP contribution < -0.4 is 0 Å². The first-order valence-electron chi connectivity index (χ1n) is 6.85. The maximum atomic E-state index is 11.5. The van der Waals surface area contributed by atoms with Crippen molar-refractivity contribution < 1.29 is 19.7 Å². The number of carboxylic acid groups (broad SMARTS) is 1. The van der Waals surface area contributed by atoms with E-state index in [4.69, 9.17) is 4.74 Å². The summed E-state index contributed by atoms with van der Waals surface area (Å²) in [7, 11) is 0. The number of rotatable bonds is 4. The summed E-state index contributed by atoms with van der Waals surface area (Å²) in [4.78, 5) is 12.9. The van der Waals surface area contributed by atoms with Crippen LogP contribution in [0.25, 0.3) is 0 Å². The number of nitrogens with zero attached hydrogens (tertiary/aromatic N) is 1. The maximum absolute atomic E-state index is 11.5. The van der Waals surface area contributed by atoms with Gasteiger partial charge in [-0.05, 0) is 18.9 Å². The van der Waals surface area contributed by atoms with Crippen LogP contribution in [0.5, 0.6) is 0 Å². The van der Waals surface area contributed by atoms with E-state index in [1.807, 2.05) is 37.3 Å². The molecule has 0 saturated carbocycles. The van der Waals surface area contributed by atoms with Crippen LogP contribution in [-0.2, 0) is 11.2 Å². The molecule has 1 aliphatic heterocycles. The van der Waals surface area contributed by atoms with Crippen LogP contribution in [0.3, 0.4) is 0 Å². The second-order valence-electron chi connectivity index (χ2n) is 5.32. The van der Waals surface area contributed by atoms with Crippen molar-refractivity contribution in [1.29, 1.82) is 0 Å². The number of benzene rings is 1. The van der Waals surface area contributed by atoms with Crippen LogP contribution >= 0.6 is 0 Å². The fourth-order valence-corrected chi connectivity index (χ4v) is 2.81. The summed E-state index contributed by atoms with van der Waals surface area (Å²) in [5.74, 6) is 0. The molecule has 1 heterocycles. The standard InChI is InChI=1S/C15H21NO4/c1-15(7-9-17)13(11-12-5-3-2-4-6-12)16(14(18)19)8-10-20-15/h2-6,13,17H,7-11H2,1H3,(H,18,19). The highest BCUT2D eigenvalue weighted by atomic mass is 16.5. The first-order chi connectivity index (χ1) is 9.57. The fraction of sp³-hybridized carbons (Fsp3) is 0.533. The number of morpholine rings is 1. The van der Waals surface area contributed by atoms with Gasteiger partial charge in [0, 0.05) is 19.6 Å². The number of hydrogen-bond acceptors (Lipinski definition) is 3. The monoisotopic (exact) mass is 279 g/mol. The molecular formula is C15H21NO4. The van der Waals surface area contributed by atoms with Gasteiger partial charge in [0.15, 0.2) is 0 Å². The highest BCUT2D eigenvalue weighted by molar-refractivity contribution is 5.66. The Bertz CT molecular complexity index is 446. The zero-order chi connectivity index (χ0) is 14.6. The molecule has 2 unspecified atom stereocenters. The van der Waals surface area contributed by atoms with E-state index in [9.17, 15) is 15.0 Å². The topological polar surface area (TPSA) is 70.0 Å². The molecule has 5 heteroatoms. The predicted molar refractivity (Wildman–Crippen MR) is 74.7 cm³/mol. The molecule has 20 heavy (non-hydrogen) atoms. The van der Waals surface area contributed by atoms with Crippen LogP contribution in [0.2, 0.25) is 0 Å². The summed E-state index contributed by atoms with van der Waals surface area (Å²) in [6, 6.07) is 9.48. The molecule has 2 rings (SSSR count). The van der Waals surface area contributed by atoms with Crippen molar-refractivity contribution in [3.8, 4) is 0 Å². The lowest BCUT2D eigenvalue weighted by Crippen LogP contribution is -2.60. The van der Waals surface area contributed by atoms with E-state index < -0.39 is 11.7 Å². The van der Waals surface area contributed by atoms with Crippen molar-refractivity contribution in [2.75, 3.05) is 19.8 Å². The minimum atomic E-state index is -0.932. The van der Waals surface area contributed by atoms with Gasteiger partial charge in [-0.15, -0.1) is 0 Å². The summed E-state index contributed by atoms with van der Waals surface area (Å²) in [6.45, 7) is 2.60. The van der Waals surface area contributed by atoms with Crippen molar-refractivity contribution in [3.05, 3.63) is 35.9 Å². The molecule has 0 spiro atoms. The first-order valence-corrected chi connectivity index (χ1v) is 6.85. The van der Waals surface area contributed by atoms with Gasteiger partial charge >= 0.3 is 6.09 Å². The summed E-state index contributed by atoms with van der Waals surface area (Å²) in [6.07, 6.45) is 0.0798. The van der Waals surface area contributed by atoms with E-state index >= 15 is 0 Å². The quantitative estimate of drug-likeness (QED) is 0.881. The van der Waals surface area contributed by atoms with Crippen LogP contribution in [-0.4, -0.2) is 52.6 Å². The van der Waals surface area contributed by atoms with Crippen molar-refractivity contribution in [2.45, 2.75) is 31.4 Å². The molecule has 1 aromatic carbocycles. The van der Waals surface area contributed by atoms with Gasteiger partial charge in [-0.25, -0.2) is 4.79 Å². The Morgan fingerprint density at radius 1 is 1.45 bits per heavy atom. The summed E-state index contributed by atoms with van der Waals surface area (Å²) < 4.78 is 5.81. The third kappa shape index (κ3) is 3.11. The van der Waals surface area contributed by atoms with E-state index in [2.05, 4.69) is 0 Å². The average Bonchev–Trinajstić information content (AvgIpc) is 2.42. The predicted octanol–water partition coefficient (Wildman–Crippen LogP) is 1.75. The molecule has 110 valence electrons. The lowest BCUT2D eigenvalue weighted by molar-refractivity contribution is -0.136. The third-order valence-corrected chi connectivity index (χ3v) is 3.97. The van der Waals surface area contributed by atoms with E-state index in [0.717, 1.165) is 5.56 Å². The Morgan fingerprint density at radius 2 is 2.15 bits per heavy atom. The SMILES string of the molecule is CC1(CCO)OCCN(C(=O)O)C1Cc1ccccc1. The first kappa shape index (κ1) is 14.8. The summed E-state index contributed by atoms with van der Waals surface area (Å²) in [5.41, 5.74) is 0.416. The Balaban J connectivity index is 2.25. The fourth-order valence-electron chi connectivity index (χ4n) is 2.81. The van der Waals surface area contributed by atoms with Gasteiger partial charge in [0.1, 0.15) is 0 Å². The van der Waals surface area contributed by atoms with Crippen molar-refractivity contribution in [2.24, 2.45) is 0 Å². The van der Waals surface area contributed by atoms with Crippen molar-refractivity contribution >= 4 is 6.09 Å². The lowest BCUT2D eigenvalue weighted by atomic mass is 9.85. The lowest BCUT2D eigenvalue weighted by Gasteiger charge is -2.47. The zero-order valence-electron chi connectivity index (χ0n) is 11.7. The molecule has 1 aromatic rings. The summed E-state index contributed by atoms with van der Waals surface area (Å²) >= 11 is 0. The smallest absolute Gasteiger partial charge is 0.407 e. The van der Waals surface area contributed by atoms with E-state index in [0.29, 0.717) is 26.0 Å². The van der Waals surface area contributed by atoms with Crippen molar-refractivity contribution in [3.63, 3.8) is 0 Å². The number of hydrogen-bond donors (Lipinski definition) is 2. The normalized spacial score (nSPS) is 26.5. The summed E-state index contributed by atoms with van der Waals surface area (Å²) in [5, 5.41) is 18.6. The molecule has 1 saturated heterocycles. The largest absolute Gasteiger partial charge is 0.465 e. The third-order valence-electron chi connectivity index (χ3n) is 3.97. The van der Waals surface area contributed by atoms with Gasteiger partial charge in [0.05, 0.1) is 18.2 Å². The highest BCUT2D eigenvalue weighted by Gasteiger charge is 2.43. The molecule has 0 aromatic heterocycles. The highest BCUT2D eigenvalue weighted by Crippen LogP contribution is 2.30. The van der Waals surface area contributed by atoms with E-state index in [1.54, 1.807) is 0 Å². The molecule has 1 fully saturated rings. The number of carbonyl (C=O) groups is 1. The molecule has 5 nitrogen and oxygen atoms in total. The van der Waals surface area contributed by atoms with Crippen LogP contribution in [0, 0.1) is 0 Å². The Labute approximate surface area is 118 Å². The molecule has 2 atom stereocenters.